The van der Waals surface area contributed by atoms with Crippen LogP contribution in [0.3, 0.4) is 0 Å². The standard InChI is InChI=1S/C24H37ClN2O2/c1-16(2)23(26-15-20-5-4-6-22(28)17(20)3)24(29)27-13-11-19(12-14-27)18-7-9-21(25)10-8-18/h4-5,9,16,18-19,22-23,26,28H,6-8,10-15H2,1-3H3/t18?,22?,23-/m1/s1. The summed E-state index contributed by atoms with van der Waals surface area (Å²) >= 11 is 6.13. The van der Waals surface area contributed by atoms with Crippen molar-refractivity contribution in [2.45, 2.75) is 71.4 Å². The van der Waals surface area contributed by atoms with Crippen molar-refractivity contribution in [3.8, 4) is 0 Å². The number of amides is 1. The van der Waals surface area contributed by atoms with Gasteiger partial charge in [0.05, 0.1) is 12.1 Å². The van der Waals surface area contributed by atoms with Crippen LogP contribution >= 0.6 is 11.6 Å². The number of aliphatic hydroxyl groups is 1. The Bertz CT molecular complexity index is 674. The molecule has 1 aliphatic heterocycles. The molecule has 4 nitrogen and oxygen atoms in total. The monoisotopic (exact) mass is 420 g/mol. The highest BCUT2D eigenvalue weighted by Crippen LogP contribution is 2.36. The molecule has 0 spiro atoms. The number of carbonyl (C=O) groups excluding carboxylic acids is 1. The smallest absolute Gasteiger partial charge is 0.239 e. The number of nitrogens with zero attached hydrogens (tertiary/aromatic N) is 1. The Kier molecular flexibility index (Phi) is 8.00. The molecular formula is C24H37ClN2O2. The van der Waals surface area contributed by atoms with Crippen LogP contribution in [0, 0.1) is 17.8 Å². The lowest BCUT2D eigenvalue weighted by Gasteiger charge is -2.39. The van der Waals surface area contributed by atoms with Crippen molar-refractivity contribution in [2.24, 2.45) is 17.8 Å². The normalized spacial score (nSPS) is 27.4. The summed E-state index contributed by atoms with van der Waals surface area (Å²) in [6.45, 7) is 8.54. The number of piperidine rings is 1. The molecule has 0 aromatic rings. The third-order valence-electron chi connectivity index (χ3n) is 7.04. The van der Waals surface area contributed by atoms with E-state index < -0.39 is 6.10 Å². The number of hydrogen-bond acceptors (Lipinski definition) is 3. The van der Waals surface area contributed by atoms with E-state index in [1.54, 1.807) is 0 Å². The van der Waals surface area contributed by atoms with E-state index in [0.717, 1.165) is 60.9 Å². The van der Waals surface area contributed by atoms with Crippen molar-refractivity contribution in [2.75, 3.05) is 19.6 Å². The Morgan fingerprint density at radius 2 is 1.97 bits per heavy atom. The molecule has 2 aliphatic carbocycles. The van der Waals surface area contributed by atoms with Gasteiger partial charge in [-0.1, -0.05) is 43.7 Å². The van der Waals surface area contributed by atoms with Gasteiger partial charge in [0, 0.05) is 24.7 Å². The van der Waals surface area contributed by atoms with Crippen LogP contribution in [0.1, 0.15) is 59.3 Å². The summed E-state index contributed by atoms with van der Waals surface area (Å²) in [5.41, 5.74) is 2.11. The summed E-state index contributed by atoms with van der Waals surface area (Å²) in [7, 11) is 0. The van der Waals surface area contributed by atoms with E-state index in [-0.39, 0.29) is 17.9 Å². The summed E-state index contributed by atoms with van der Waals surface area (Å²) in [5, 5.41) is 14.6. The first-order valence-corrected chi connectivity index (χ1v) is 11.7. The van der Waals surface area contributed by atoms with Crippen molar-refractivity contribution in [3.63, 3.8) is 0 Å². The summed E-state index contributed by atoms with van der Waals surface area (Å²) in [6.07, 6.45) is 12.1. The molecule has 2 unspecified atom stereocenters. The van der Waals surface area contributed by atoms with Crippen molar-refractivity contribution in [1.29, 1.82) is 0 Å². The summed E-state index contributed by atoms with van der Waals surface area (Å²) in [4.78, 5) is 15.3. The number of allylic oxidation sites excluding steroid dienone is 2. The Morgan fingerprint density at radius 3 is 2.59 bits per heavy atom. The highest BCUT2D eigenvalue weighted by molar-refractivity contribution is 6.29. The molecule has 1 saturated heterocycles. The molecule has 1 heterocycles. The van der Waals surface area contributed by atoms with E-state index in [1.807, 2.05) is 13.0 Å². The second-order valence-electron chi connectivity index (χ2n) is 9.31. The Hall–Kier alpha value is -1.10. The van der Waals surface area contributed by atoms with Crippen LogP contribution in [-0.2, 0) is 4.79 Å². The quantitative estimate of drug-likeness (QED) is 0.669. The lowest BCUT2D eigenvalue weighted by atomic mass is 9.78. The summed E-state index contributed by atoms with van der Waals surface area (Å²) in [6, 6.07) is -0.185. The maximum Gasteiger partial charge on any atom is 0.239 e. The Morgan fingerprint density at radius 1 is 1.24 bits per heavy atom. The van der Waals surface area contributed by atoms with E-state index in [2.05, 4.69) is 36.2 Å². The first kappa shape index (κ1) is 22.6. The first-order valence-electron chi connectivity index (χ1n) is 11.3. The lowest BCUT2D eigenvalue weighted by molar-refractivity contribution is -0.136. The molecule has 1 fully saturated rings. The molecule has 162 valence electrons. The molecule has 0 aromatic heterocycles. The Balaban J connectivity index is 1.53. The van der Waals surface area contributed by atoms with Crippen molar-refractivity contribution in [1.82, 2.24) is 10.2 Å². The highest BCUT2D eigenvalue weighted by atomic mass is 35.5. The van der Waals surface area contributed by atoms with Crippen LogP contribution in [0.4, 0.5) is 0 Å². The zero-order chi connectivity index (χ0) is 21.0. The van der Waals surface area contributed by atoms with Gasteiger partial charge in [-0.2, -0.15) is 0 Å². The van der Waals surface area contributed by atoms with Crippen molar-refractivity contribution >= 4 is 17.5 Å². The molecule has 1 amide bonds. The van der Waals surface area contributed by atoms with Gasteiger partial charge < -0.3 is 15.3 Å². The molecule has 2 N–H and O–H groups in total. The summed E-state index contributed by atoms with van der Waals surface area (Å²) in [5.74, 6) is 1.90. The molecule has 0 bridgehead atoms. The number of likely N-dealkylation sites (tertiary alicyclic amines) is 1. The number of hydrogen-bond donors (Lipinski definition) is 2. The second-order valence-corrected chi connectivity index (χ2v) is 9.80. The SMILES string of the molecule is CC1=C(CN[C@@H](C(=O)N2CCC(C3CC=C(Cl)CC3)CC2)C(C)C)C=CCC1O. The van der Waals surface area contributed by atoms with Gasteiger partial charge in [-0.15, -0.1) is 0 Å². The molecule has 0 saturated carbocycles. The van der Waals surface area contributed by atoms with E-state index in [0.29, 0.717) is 18.9 Å². The third kappa shape index (κ3) is 5.74. The molecule has 29 heavy (non-hydrogen) atoms. The molecule has 3 atom stereocenters. The minimum Gasteiger partial charge on any atom is -0.388 e. The van der Waals surface area contributed by atoms with E-state index in [4.69, 9.17) is 11.6 Å². The number of carbonyl (C=O) groups is 1. The van der Waals surface area contributed by atoms with Gasteiger partial charge in [0.2, 0.25) is 5.91 Å². The van der Waals surface area contributed by atoms with E-state index >= 15 is 0 Å². The van der Waals surface area contributed by atoms with Gasteiger partial charge in [-0.05, 0) is 74.3 Å². The fourth-order valence-corrected chi connectivity index (χ4v) is 5.12. The second kappa shape index (κ2) is 10.3. The molecule has 3 aliphatic rings. The topological polar surface area (TPSA) is 52.6 Å². The van der Waals surface area contributed by atoms with Gasteiger partial charge in [0.15, 0.2) is 0 Å². The van der Waals surface area contributed by atoms with Gasteiger partial charge in [-0.25, -0.2) is 0 Å². The molecule has 0 aromatic carbocycles. The van der Waals surface area contributed by atoms with Crippen LogP contribution in [0.25, 0.3) is 0 Å². The van der Waals surface area contributed by atoms with Crippen LogP contribution < -0.4 is 5.32 Å². The zero-order valence-corrected chi connectivity index (χ0v) is 18.9. The highest BCUT2D eigenvalue weighted by Gasteiger charge is 2.33. The fourth-order valence-electron chi connectivity index (χ4n) is 4.93. The maximum atomic E-state index is 13.2. The van der Waals surface area contributed by atoms with E-state index in [9.17, 15) is 9.90 Å². The molecule has 5 heteroatoms. The van der Waals surface area contributed by atoms with Gasteiger partial charge in [0.1, 0.15) is 0 Å². The average molecular weight is 421 g/mol. The van der Waals surface area contributed by atoms with Gasteiger partial charge in [-0.3, -0.25) is 4.79 Å². The predicted molar refractivity (Wildman–Crippen MR) is 120 cm³/mol. The van der Waals surface area contributed by atoms with Crippen molar-refractivity contribution in [3.05, 3.63) is 34.4 Å². The minimum absolute atomic E-state index is 0.185. The maximum absolute atomic E-state index is 13.2. The molecular weight excluding hydrogens is 384 g/mol. The average Bonchev–Trinajstić information content (AvgIpc) is 2.71. The number of aliphatic hydroxyl groups excluding tert-OH is 1. The zero-order valence-electron chi connectivity index (χ0n) is 18.2. The minimum atomic E-state index is -0.395. The fraction of sp³-hybridized carbons (Fsp3) is 0.708. The van der Waals surface area contributed by atoms with Gasteiger partial charge >= 0.3 is 0 Å². The predicted octanol–water partition coefficient (Wildman–Crippen LogP) is 4.40. The third-order valence-corrected chi connectivity index (χ3v) is 7.39. The van der Waals surface area contributed by atoms with Gasteiger partial charge in [0.25, 0.3) is 0 Å². The van der Waals surface area contributed by atoms with Crippen LogP contribution in [-0.4, -0.2) is 47.7 Å². The number of rotatable bonds is 6. The molecule has 3 rings (SSSR count). The van der Waals surface area contributed by atoms with Crippen molar-refractivity contribution < 1.29 is 9.90 Å². The largest absolute Gasteiger partial charge is 0.388 e. The number of nitrogens with one attached hydrogen (secondary N) is 1. The Labute approximate surface area is 181 Å². The first-order chi connectivity index (χ1) is 13.9. The molecule has 0 radical (unpaired) electrons. The van der Waals surface area contributed by atoms with Crippen LogP contribution in [0.15, 0.2) is 34.4 Å². The van der Waals surface area contributed by atoms with E-state index in [1.165, 1.54) is 6.42 Å². The summed E-state index contributed by atoms with van der Waals surface area (Å²) < 4.78 is 0. The van der Waals surface area contributed by atoms with Crippen LogP contribution in [0.2, 0.25) is 0 Å². The van der Waals surface area contributed by atoms with Crippen LogP contribution in [0.5, 0.6) is 0 Å². The lowest BCUT2D eigenvalue weighted by Crippen LogP contribution is -2.52. The number of halogens is 1.